The van der Waals surface area contributed by atoms with Crippen LogP contribution in [0.5, 0.6) is 0 Å². The Kier molecular flexibility index (Phi) is 5.74. The molecule has 0 saturated carbocycles. The molecule has 2 atom stereocenters. The van der Waals surface area contributed by atoms with Crippen LogP contribution >= 0.6 is 11.8 Å². The molecule has 1 aliphatic rings. The Bertz CT molecular complexity index is 1020. The van der Waals surface area contributed by atoms with Crippen LogP contribution in [0.4, 0.5) is 5.69 Å². The highest BCUT2D eigenvalue weighted by Gasteiger charge is 2.81. The minimum Gasteiger partial charge on any atom is -0.468 e. The topological polar surface area (TPSA) is 64.6 Å². The number of hydrogen-bond donors (Lipinski definition) is 1. The number of anilines is 1. The number of benzene rings is 3. The van der Waals surface area contributed by atoms with Gasteiger partial charge in [0.1, 0.15) is 0 Å². The summed E-state index contributed by atoms with van der Waals surface area (Å²) in [5, 5.41) is 3.25. The summed E-state index contributed by atoms with van der Waals surface area (Å²) in [5.74, 6) is -1.01. The molecule has 0 aliphatic carbocycles. The van der Waals surface area contributed by atoms with E-state index in [1.165, 1.54) is 26.0 Å². The largest absolute Gasteiger partial charge is 0.468 e. The zero-order valence-electron chi connectivity index (χ0n) is 17.3. The van der Waals surface area contributed by atoms with Gasteiger partial charge in [-0.05, 0) is 23.3 Å². The van der Waals surface area contributed by atoms with Gasteiger partial charge in [-0.2, -0.15) is 0 Å². The molecule has 3 aromatic carbocycles. The molecule has 0 unspecified atom stereocenters. The lowest BCUT2D eigenvalue weighted by molar-refractivity contribution is -0.150. The highest BCUT2D eigenvalue weighted by atomic mass is 32.2. The van der Waals surface area contributed by atoms with E-state index in [4.69, 9.17) is 9.47 Å². The minimum absolute atomic E-state index is 0.482. The van der Waals surface area contributed by atoms with E-state index in [2.05, 4.69) is 5.32 Å². The maximum Gasteiger partial charge on any atom is 0.330 e. The van der Waals surface area contributed by atoms with E-state index in [0.29, 0.717) is 5.69 Å². The normalized spacial score (nSPS) is 19.7. The van der Waals surface area contributed by atoms with Gasteiger partial charge in [0.25, 0.3) is 0 Å². The van der Waals surface area contributed by atoms with Crippen molar-refractivity contribution in [2.24, 2.45) is 0 Å². The van der Waals surface area contributed by atoms with E-state index in [1.54, 1.807) is 0 Å². The number of carbonyl (C=O) groups excluding carboxylic acids is 2. The van der Waals surface area contributed by atoms with E-state index >= 15 is 0 Å². The van der Waals surface area contributed by atoms with E-state index in [0.717, 1.165) is 11.1 Å². The highest BCUT2D eigenvalue weighted by Crippen LogP contribution is 2.75. The van der Waals surface area contributed by atoms with Crippen molar-refractivity contribution in [3.8, 4) is 0 Å². The van der Waals surface area contributed by atoms with Crippen LogP contribution in [0.1, 0.15) is 11.1 Å². The third kappa shape index (κ3) is 3.37. The van der Waals surface area contributed by atoms with Crippen molar-refractivity contribution in [2.45, 2.75) is 15.5 Å². The average molecular weight is 434 g/mol. The van der Waals surface area contributed by atoms with Crippen LogP contribution in [0.2, 0.25) is 0 Å². The molecule has 0 spiro atoms. The lowest BCUT2D eigenvalue weighted by Gasteiger charge is -2.29. The quantitative estimate of drug-likeness (QED) is 0.444. The molecule has 158 valence electrons. The number of nitrogens with one attached hydrogen (secondary N) is 1. The zero-order valence-corrected chi connectivity index (χ0v) is 18.1. The first-order valence-corrected chi connectivity index (χ1v) is 10.7. The van der Waals surface area contributed by atoms with Crippen molar-refractivity contribution >= 4 is 29.4 Å². The molecule has 6 heteroatoms. The Hall–Kier alpha value is -3.25. The van der Waals surface area contributed by atoms with Gasteiger partial charge in [-0.1, -0.05) is 78.9 Å². The van der Waals surface area contributed by atoms with Gasteiger partial charge in [-0.3, -0.25) is 4.79 Å². The molecular weight excluding hydrogens is 410 g/mol. The van der Waals surface area contributed by atoms with Gasteiger partial charge in [-0.25, -0.2) is 4.79 Å². The molecule has 1 saturated heterocycles. The smallest absolute Gasteiger partial charge is 0.330 e. The maximum absolute atomic E-state index is 13.4. The highest BCUT2D eigenvalue weighted by molar-refractivity contribution is 8.10. The van der Waals surface area contributed by atoms with Crippen molar-refractivity contribution in [3.63, 3.8) is 0 Å². The summed E-state index contributed by atoms with van der Waals surface area (Å²) >= 11 is 1.40. The molecule has 3 aromatic rings. The SMILES string of the molecule is COC(=O)[C@@H](Nc1ccccc1)[C@@]1(C(=O)OC)SC1(c1ccccc1)c1ccccc1. The number of thioether (sulfide) groups is 1. The van der Waals surface area contributed by atoms with Gasteiger partial charge in [0.15, 0.2) is 10.8 Å². The predicted octanol–water partition coefficient (Wildman–Crippen LogP) is 4.24. The van der Waals surface area contributed by atoms with Crippen molar-refractivity contribution in [2.75, 3.05) is 19.5 Å². The standard InChI is InChI=1S/C25H23NO4S/c1-29-22(27)21(26-20-16-10-5-11-17-20)25(23(28)30-2)24(31-25,18-12-6-3-7-13-18)19-14-8-4-9-15-19/h3-17,21,26H,1-2H3/t21-,25+/m1/s1. The van der Waals surface area contributed by atoms with E-state index in [-0.39, 0.29) is 0 Å². The van der Waals surface area contributed by atoms with Crippen LogP contribution < -0.4 is 5.32 Å². The molecule has 0 aromatic heterocycles. The summed E-state index contributed by atoms with van der Waals surface area (Å²) in [5.41, 5.74) is 2.55. The van der Waals surface area contributed by atoms with Crippen LogP contribution in [0.25, 0.3) is 0 Å². The molecular formula is C25H23NO4S. The number of methoxy groups -OCH3 is 2. The van der Waals surface area contributed by atoms with Crippen molar-refractivity contribution in [1.29, 1.82) is 0 Å². The summed E-state index contributed by atoms with van der Waals surface area (Å²) in [6.45, 7) is 0. The molecule has 31 heavy (non-hydrogen) atoms. The molecule has 1 fully saturated rings. The van der Waals surface area contributed by atoms with Crippen LogP contribution in [0.15, 0.2) is 91.0 Å². The maximum atomic E-state index is 13.4. The van der Waals surface area contributed by atoms with E-state index in [1.807, 2.05) is 91.0 Å². The van der Waals surface area contributed by atoms with Gasteiger partial charge < -0.3 is 14.8 Å². The first kappa shape index (κ1) is 21.0. The lowest BCUT2D eigenvalue weighted by Crippen LogP contribution is -2.52. The van der Waals surface area contributed by atoms with Gasteiger partial charge in [0.2, 0.25) is 0 Å². The number of esters is 2. The van der Waals surface area contributed by atoms with Crippen LogP contribution in [0, 0.1) is 0 Å². The summed E-state index contributed by atoms with van der Waals surface area (Å²) in [7, 11) is 2.67. The summed E-state index contributed by atoms with van der Waals surface area (Å²) in [6.07, 6.45) is 0. The Morgan fingerprint density at radius 1 is 0.774 bits per heavy atom. The molecule has 1 heterocycles. The van der Waals surface area contributed by atoms with E-state index < -0.39 is 27.5 Å². The third-order valence-corrected chi connectivity index (χ3v) is 7.50. The third-order valence-electron chi connectivity index (χ3n) is 5.57. The number of ether oxygens (including phenoxy) is 2. The van der Waals surface area contributed by atoms with Gasteiger partial charge >= 0.3 is 11.9 Å². The summed E-state index contributed by atoms with van der Waals surface area (Å²) < 4.78 is 8.36. The van der Waals surface area contributed by atoms with Gasteiger partial charge in [0, 0.05) is 5.69 Å². The number of carbonyl (C=O) groups is 2. The van der Waals surface area contributed by atoms with Crippen LogP contribution in [0.3, 0.4) is 0 Å². The number of hydrogen-bond acceptors (Lipinski definition) is 6. The lowest BCUT2D eigenvalue weighted by atomic mass is 9.76. The molecule has 4 rings (SSSR count). The fourth-order valence-electron chi connectivity index (χ4n) is 4.14. The number of rotatable bonds is 7. The molecule has 1 aliphatic heterocycles. The fraction of sp³-hybridized carbons (Fsp3) is 0.200. The van der Waals surface area contributed by atoms with Crippen molar-refractivity contribution < 1.29 is 19.1 Å². The molecule has 0 amide bonds. The Labute approximate surface area is 185 Å². The fourth-order valence-corrected chi connectivity index (χ4v) is 5.95. The van der Waals surface area contributed by atoms with Crippen LogP contribution in [-0.2, 0) is 23.8 Å². The van der Waals surface area contributed by atoms with Crippen molar-refractivity contribution in [3.05, 3.63) is 102 Å². The summed E-state index contributed by atoms with van der Waals surface area (Å²) in [6, 6.07) is 27.8. The summed E-state index contributed by atoms with van der Waals surface area (Å²) in [4.78, 5) is 26.5. The zero-order chi connectivity index (χ0) is 21.9. The van der Waals surface area contributed by atoms with Crippen molar-refractivity contribution in [1.82, 2.24) is 0 Å². The van der Waals surface area contributed by atoms with E-state index in [9.17, 15) is 9.59 Å². The van der Waals surface area contributed by atoms with Gasteiger partial charge in [-0.15, -0.1) is 11.8 Å². The predicted molar refractivity (Wildman–Crippen MR) is 122 cm³/mol. The molecule has 0 radical (unpaired) electrons. The second kappa shape index (κ2) is 8.47. The van der Waals surface area contributed by atoms with Crippen LogP contribution in [-0.4, -0.2) is 36.9 Å². The molecule has 1 N–H and O–H groups in total. The Balaban J connectivity index is 1.92. The average Bonchev–Trinajstić information content (AvgIpc) is 3.55. The monoisotopic (exact) mass is 433 g/mol. The Morgan fingerprint density at radius 3 is 1.71 bits per heavy atom. The first-order chi connectivity index (χ1) is 15.1. The van der Waals surface area contributed by atoms with Gasteiger partial charge in [0.05, 0.1) is 19.0 Å². The second-order valence-corrected chi connectivity index (χ2v) is 8.67. The second-order valence-electron chi connectivity index (χ2n) is 7.21. The Morgan fingerprint density at radius 2 is 1.26 bits per heavy atom. The first-order valence-electron chi connectivity index (χ1n) is 9.89. The minimum atomic E-state index is -1.26. The molecule has 0 bridgehead atoms. The number of para-hydroxylation sites is 1. The molecule has 5 nitrogen and oxygen atoms in total.